The van der Waals surface area contributed by atoms with Gasteiger partial charge in [0.2, 0.25) is 0 Å². The first-order valence-electron chi connectivity index (χ1n) is 11.0. The predicted octanol–water partition coefficient (Wildman–Crippen LogP) is 3.69. The van der Waals surface area contributed by atoms with Gasteiger partial charge in [-0.25, -0.2) is 0 Å². The van der Waals surface area contributed by atoms with Gasteiger partial charge >= 0.3 is 0 Å². The summed E-state index contributed by atoms with van der Waals surface area (Å²) in [5.41, 5.74) is 6.66. The molecule has 0 atom stereocenters. The van der Waals surface area contributed by atoms with E-state index in [1.165, 1.54) is 27.4 Å². The van der Waals surface area contributed by atoms with E-state index in [1.54, 1.807) is 0 Å². The van der Waals surface area contributed by atoms with Crippen molar-refractivity contribution in [2.75, 3.05) is 28.2 Å². The van der Waals surface area contributed by atoms with Crippen molar-refractivity contribution < 1.29 is 4.48 Å². The molecule has 4 aromatic carbocycles. The van der Waals surface area contributed by atoms with Gasteiger partial charge in [-0.3, -0.25) is 0 Å². The zero-order chi connectivity index (χ0) is 22.3. The van der Waals surface area contributed by atoms with E-state index < -0.39 is 6.15 Å². The zero-order valence-corrected chi connectivity index (χ0v) is 19.5. The number of hydrogen-bond acceptors (Lipinski definition) is 0. The van der Waals surface area contributed by atoms with Crippen molar-refractivity contribution in [3.63, 3.8) is 0 Å². The van der Waals surface area contributed by atoms with Crippen molar-refractivity contribution in [2.45, 2.75) is 6.92 Å². The van der Waals surface area contributed by atoms with Gasteiger partial charge in [0.15, 0.2) is 0 Å². The Morgan fingerprint density at radius 3 is 0.968 bits per heavy atom. The van der Waals surface area contributed by atoms with E-state index >= 15 is 0 Å². The molecule has 0 fully saturated rings. The van der Waals surface area contributed by atoms with Gasteiger partial charge < -0.3 is 4.48 Å². The molecule has 0 radical (unpaired) electrons. The number of quaternary nitrogens is 1. The van der Waals surface area contributed by atoms with Crippen molar-refractivity contribution in [1.29, 1.82) is 0 Å². The summed E-state index contributed by atoms with van der Waals surface area (Å²) < 4.78 is 1.00. The Labute approximate surface area is 188 Å². The van der Waals surface area contributed by atoms with Crippen LogP contribution < -0.4 is 21.9 Å². The van der Waals surface area contributed by atoms with Gasteiger partial charge in [0.25, 0.3) is 0 Å². The van der Waals surface area contributed by atoms with Crippen LogP contribution >= 0.6 is 0 Å². The number of rotatable bonds is 4. The molecule has 2 heteroatoms. The molecule has 0 unspecified atom stereocenters. The van der Waals surface area contributed by atoms with Gasteiger partial charge in [0.1, 0.15) is 6.15 Å². The monoisotopic (exact) mass is 407 g/mol. The van der Waals surface area contributed by atoms with Gasteiger partial charge in [-0.1, -0.05) is 121 Å². The summed E-state index contributed by atoms with van der Waals surface area (Å²) in [6.45, 7) is 2.14. The highest BCUT2D eigenvalue weighted by molar-refractivity contribution is 7.19. The van der Waals surface area contributed by atoms with Crippen LogP contribution in [0.25, 0.3) is 0 Å². The molecule has 0 spiro atoms. The highest BCUT2D eigenvalue weighted by atomic mass is 15.2. The van der Waals surface area contributed by atoms with E-state index in [4.69, 9.17) is 0 Å². The summed E-state index contributed by atoms with van der Waals surface area (Å²) in [5, 5.41) is 0. The van der Waals surface area contributed by atoms with Crippen LogP contribution in [-0.2, 0) is 0 Å². The third-order valence-electron chi connectivity index (χ3n) is 5.48. The Bertz CT molecular complexity index is 948. The van der Waals surface area contributed by atoms with Gasteiger partial charge in [0.05, 0.1) is 28.2 Å². The second kappa shape index (κ2) is 9.81. The second-order valence-electron chi connectivity index (χ2n) is 9.69. The molecule has 0 aromatic heterocycles. The van der Waals surface area contributed by atoms with Crippen LogP contribution in [-0.4, -0.2) is 38.8 Å². The molecule has 0 bridgehead atoms. The number of aryl methyl sites for hydroxylation is 1. The molecule has 0 saturated carbocycles. The van der Waals surface area contributed by atoms with Crippen LogP contribution in [0.3, 0.4) is 0 Å². The molecule has 4 rings (SSSR count). The molecule has 1 nitrogen and oxygen atoms in total. The van der Waals surface area contributed by atoms with Crippen molar-refractivity contribution in [3.8, 4) is 0 Å². The highest BCUT2D eigenvalue weighted by Gasteiger charge is 2.31. The van der Waals surface area contributed by atoms with Crippen molar-refractivity contribution in [3.05, 3.63) is 121 Å². The maximum atomic E-state index is 2.29. The minimum atomic E-state index is -1.23. The Morgan fingerprint density at radius 2 is 0.677 bits per heavy atom. The third-order valence-corrected chi connectivity index (χ3v) is 5.48. The molecule has 0 aliphatic rings. The van der Waals surface area contributed by atoms with E-state index in [-0.39, 0.29) is 0 Å². The van der Waals surface area contributed by atoms with E-state index in [2.05, 4.69) is 150 Å². The summed E-state index contributed by atoms with van der Waals surface area (Å²) >= 11 is 0. The summed E-state index contributed by atoms with van der Waals surface area (Å²) in [4.78, 5) is 0. The largest absolute Gasteiger partial charge is 0.333 e. The molecule has 0 heterocycles. The molecular formula is C29H34BN. The van der Waals surface area contributed by atoms with E-state index in [0.29, 0.717) is 0 Å². The normalized spacial score (nSPS) is 11.4. The fourth-order valence-corrected chi connectivity index (χ4v) is 4.23. The standard InChI is InChI=1S/C25H22B.C4H12N/c1-21-17-19-25(20-18-21)26(22-11-5-2-6-12-22,23-13-7-3-8-14-23)24-15-9-4-10-16-24;1-5(2,3)4/h2-20H,1H3;1-4H3/q-1;+1. The Hall–Kier alpha value is -3.10. The van der Waals surface area contributed by atoms with Crippen LogP contribution in [0.4, 0.5) is 0 Å². The van der Waals surface area contributed by atoms with Gasteiger partial charge in [-0.2, -0.15) is 21.9 Å². The maximum absolute atomic E-state index is 2.29. The number of nitrogens with zero attached hydrogens (tertiary/aromatic N) is 1. The molecule has 0 amide bonds. The lowest BCUT2D eigenvalue weighted by Crippen LogP contribution is -2.74. The number of benzene rings is 4. The highest BCUT2D eigenvalue weighted by Crippen LogP contribution is 2.10. The molecule has 31 heavy (non-hydrogen) atoms. The van der Waals surface area contributed by atoms with Crippen molar-refractivity contribution in [1.82, 2.24) is 0 Å². The average molecular weight is 407 g/mol. The molecule has 0 saturated heterocycles. The fourth-order valence-electron chi connectivity index (χ4n) is 4.23. The van der Waals surface area contributed by atoms with Crippen LogP contribution in [0.2, 0.25) is 0 Å². The molecule has 0 N–H and O–H groups in total. The van der Waals surface area contributed by atoms with Gasteiger partial charge in [0, 0.05) is 0 Å². The van der Waals surface area contributed by atoms with Gasteiger partial charge in [-0.05, 0) is 6.92 Å². The number of hydrogen-bond donors (Lipinski definition) is 0. The van der Waals surface area contributed by atoms with Gasteiger partial charge in [-0.15, -0.1) is 0 Å². The average Bonchev–Trinajstić information content (AvgIpc) is 2.77. The summed E-state index contributed by atoms with van der Waals surface area (Å²) in [6, 6.07) is 41.8. The molecule has 4 aromatic rings. The van der Waals surface area contributed by atoms with Crippen LogP contribution in [0, 0.1) is 6.92 Å². The first-order valence-corrected chi connectivity index (χ1v) is 11.0. The minimum absolute atomic E-state index is 1.00. The summed E-state index contributed by atoms with van der Waals surface area (Å²) in [7, 11) is 8.50. The van der Waals surface area contributed by atoms with E-state index in [1.807, 2.05) is 0 Å². The Morgan fingerprint density at radius 1 is 0.419 bits per heavy atom. The van der Waals surface area contributed by atoms with Crippen LogP contribution in [0.1, 0.15) is 5.56 Å². The van der Waals surface area contributed by atoms with Crippen LogP contribution in [0.15, 0.2) is 115 Å². The Balaban J connectivity index is 0.000000491. The van der Waals surface area contributed by atoms with E-state index in [9.17, 15) is 0 Å². The first-order chi connectivity index (χ1) is 14.8. The molecule has 0 aliphatic heterocycles. The molecular weight excluding hydrogens is 373 g/mol. The summed E-state index contributed by atoms with van der Waals surface area (Å²) in [5.74, 6) is 0. The lowest BCUT2D eigenvalue weighted by Gasteiger charge is -2.44. The quantitative estimate of drug-likeness (QED) is 0.358. The second-order valence-corrected chi connectivity index (χ2v) is 9.69. The third kappa shape index (κ3) is 5.54. The van der Waals surface area contributed by atoms with Crippen molar-refractivity contribution in [2.24, 2.45) is 0 Å². The lowest BCUT2D eigenvalue weighted by atomic mass is 9.13. The first kappa shape index (κ1) is 22.6. The predicted molar refractivity (Wildman–Crippen MR) is 139 cm³/mol. The SMILES string of the molecule is C[N+](C)(C)C.Cc1ccc([B-](c2ccccc2)(c2ccccc2)c2ccccc2)cc1. The van der Waals surface area contributed by atoms with Crippen LogP contribution in [0.5, 0.6) is 0 Å². The lowest BCUT2D eigenvalue weighted by molar-refractivity contribution is -0.849. The van der Waals surface area contributed by atoms with E-state index in [0.717, 1.165) is 4.48 Å². The van der Waals surface area contributed by atoms with Crippen molar-refractivity contribution >= 4 is 28.0 Å². The molecule has 158 valence electrons. The maximum Gasteiger partial charge on any atom is 0.108 e. The Kier molecular flexibility index (Phi) is 7.15. The fraction of sp³-hybridized carbons (Fsp3) is 0.172. The molecule has 0 aliphatic carbocycles. The topological polar surface area (TPSA) is 0 Å². The summed E-state index contributed by atoms with van der Waals surface area (Å²) in [6.07, 6.45) is -1.23. The minimum Gasteiger partial charge on any atom is -0.333 e. The zero-order valence-electron chi connectivity index (χ0n) is 19.5. The smallest absolute Gasteiger partial charge is 0.108 e.